The number of phenols is 1. The monoisotopic (exact) mass is 682 g/mol. The Morgan fingerprint density at radius 2 is 1.87 bits per heavy atom. The molecule has 2 aromatic rings. The molecule has 0 bridgehead atoms. The average Bonchev–Trinajstić information content (AvgIpc) is 3.34. The van der Waals surface area contributed by atoms with E-state index in [2.05, 4.69) is 56.6 Å². The van der Waals surface area contributed by atoms with Gasteiger partial charge in [-0.15, -0.1) is 0 Å². The Labute approximate surface area is 276 Å². The van der Waals surface area contributed by atoms with E-state index in [-0.39, 0.29) is 29.5 Å². The van der Waals surface area contributed by atoms with Gasteiger partial charge in [-0.2, -0.15) is 0 Å². The normalized spacial score (nSPS) is 33.2. The van der Waals surface area contributed by atoms with Crippen molar-refractivity contribution in [3.05, 3.63) is 50.3 Å². The van der Waals surface area contributed by atoms with Crippen molar-refractivity contribution in [1.82, 2.24) is 0 Å². The molecule has 7 heteroatoms. The summed E-state index contributed by atoms with van der Waals surface area (Å²) in [6.45, 7) is 12.3. The highest BCUT2D eigenvalue weighted by molar-refractivity contribution is 9.10. The van der Waals surface area contributed by atoms with Gasteiger partial charge in [0.2, 0.25) is 0 Å². The number of hydrogen-bond donors (Lipinski definition) is 1. The first-order chi connectivity index (χ1) is 21.4. The zero-order valence-corrected chi connectivity index (χ0v) is 29.3. The molecule has 0 amide bonds. The molecule has 3 fully saturated rings. The number of aromatic hydroxyl groups is 1. The van der Waals surface area contributed by atoms with Gasteiger partial charge >= 0.3 is 11.8 Å². The second-order valence-corrected chi connectivity index (χ2v) is 16.6. The van der Waals surface area contributed by atoms with Crippen molar-refractivity contribution < 1.29 is 23.8 Å². The van der Waals surface area contributed by atoms with Gasteiger partial charge in [0.15, 0.2) is 0 Å². The van der Waals surface area contributed by atoms with Crippen LogP contribution in [0.25, 0.3) is 11.0 Å². The third-order valence-electron chi connectivity index (χ3n) is 12.8. The highest BCUT2D eigenvalue weighted by atomic mass is 79.9. The highest BCUT2D eigenvalue weighted by Crippen LogP contribution is 2.67. The molecule has 1 heterocycles. The second-order valence-electron chi connectivity index (χ2n) is 15.7. The maximum absolute atomic E-state index is 12.8. The minimum atomic E-state index is -0.718. The van der Waals surface area contributed by atoms with Gasteiger partial charge in [0.1, 0.15) is 24.0 Å². The summed E-state index contributed by atoms with van der Waals surface area (Å²) in [5.74, 6) is 4.76. The van der Waals surface area contributed by atoms with E-state index in [1.165, 1.54) is 62.7 Å². The second kappa shape index (κ2) is 12.7. The lowest BCUT2D eigenvalue weighted by atomic mass is 9.47. The molecule has 6 nitrogen and oxygen atoms in total. The van der Waals surface area contributed by atoms with E-state index in [4.69, 9.17) is 13.9 Å². The fourth-order valence-electron chi connectivity index (χ4n) is 10.4. The molecule has 4 aliphatic carbocycles. The Kier molecular flexibility index (Phi) is 9.24. The van der Waals surface area contributed by atoms with Gasteiger partial charge in [-0.3, -0.25) is 0 Å². The molecule has 3 saturated carbocycles. The molecule has 1 aromatic carbocycles. The summed E-state index contributed by atoms with van der Waals surface area (Å²) in [5, 5.41) is 10.6. The van der Waals surface area contributed by atoms with Gasteiger partial charge < -0.3 is 19.0 Å². The standard InChI is InChI=1S/C38H51BrO6/c1-22(2)7-6-8-23(3)29-11-12-30-27-10-9-25-18-26(13-15-37(25,4)31(27)14-16-38(29,30)5)44-36(42)43-21-24-17-35(41)45-34-20-33(40)32(39)19-28(24)34/h9,17,19-20,22-23,26-27,29-31,40H,6-8,10-16,18,21H2,1-5H3/t23-,26?,27+,29-,30+,31+,37+,38-/m1/s1. The van der Waals surface area contributed by atoms with Crippen LogP contribution in [0.1, 0.15) is 111 Å². The van der Waals surface area contributed by atoms with Crippen LogP contribution in [-0.2, 0) is 16.1 Å². The van der Waals surface area contributed by atoms with Crippen LogP contribution in [0.4, 0.5) is 4.79 Å². The molecular weight excluding hydrogens is 632 g/mol. The van der Waals surface area contributed by atoms with E-state index >= 15 is 0 Å². The lowest BCUT2D eigenvalue weighted by Gasteiger charge is -2.58. The molecule has 6 rings (SSSR count). The number of rotatable bonds is 8. The number of ether oxygens (including phenoxy) is 2. The number of fused-ring (bicyclic) bond motifs is 6. The number of benzene rings is 1. The third kappa shape index (κ3) is 6.24. The molecular formula is C38H51BrO6. The molecule has 0 radical (unpaired) electrons. The molecule has 0 aliphatic heterocycles. The van der Waals surface area contributed by atoms with Crippen molar-refractivity contribution in [1.29, 1.82) is 0 Å². The molecule has 1 unspecified atom stereocenters. The van der Waals surface area contributed by atoms with E-state index in [1.54, 1.807) is 6.07 Å². The van der Waals surface area contributed by atoms with Crippen LogP contribution in [-0.4, -0.2) is 17.4 Å². The summed E-state index contributed by atoms with van der Waals surface area (Å²) in [5.41, 5.74) is 2.30. The van der Waals surface area contributed by atoms with Crippen LogP contribution >= 0.6 is 15.9 Å². The number of phenolic OH excluding ortho intramolecular Hbond substituents is 1. The lowest BCUT2D eigenvalue weighted by Crippen LogP contribution is -2.51. The number of allylic oxidation sites excluding steroid dienone is 1. The van der Waals surface area contributed by atoms with Gasteiger partial charge in [-0.25, -0.2) is 9.59 Å². The Bertz CT molecular complexity index is 1510. The molecule has 45 heavy (non-hydrogen) atoms. The number of carbonyl (C=O) groups is 1. The smallest absolute Gasteiger partial charge is 0.507 e. The minimum absolute atomic E-state index is 0.0347. The predicted octanol–water partition coefficient (Wildman–Crippen LogP) is 10.3. The summed E-state index contributed by atoms with van der Waals surface area (Å²) in [4.78, 5) is 24.9. The molecule has 246 valence electrons. The summed E-state index contributed by atoms with van der Waals surface area (Å²) in [6.07, 6.45) is 15.0. The maximum atomic E-state index is 12.8. The number of carbonyl (C=O) groups excluding carboxylic acids is 1. The molecule has 0 spiro atoms. The van der Waals surface area contributed by atoms with Crippen molar-refractivity contribution in [2.75, 3.05) is 0 Å². The molecule has 1 aromatic heterocycles. The Balaban J connectivity index is 1.08. The van der Waals surface area contributed by atoms with Crippen molar-refractivity contribution in [2.24, 2.45) is 46.3 Å². The van der Waals surface area contributed by atoms with Crippen molar-refractivity contribution in [2.45, 2.75) is 118 Å². The minimum Gasteiger partial charge on any atom is -0.507 e. The first-order valence-corrected chi connectivity index (χ1v) is 18.2. The highest BCUT2D eigenvalue weighted by Gasteiger charge is 2.59. The largest absolute Gasteiger partial charge is 0.508 e. The van der Waals surface area contributed by atoms with Crippen LogP contribution in [0.5, 0.6) is 5.75 Å². The zero-order chi connectivity index (χ0) is 32.1. The summed E-state index contributed by atoms with van der Waals surface area (Å²) in [6, 6.07) is 4.33. The fourth-order valence-corrected chi connectivity index (χ4v) is 10.8. The van der Waals surface area contributed by atoms with Crippen molar-refractivity contribution >= 4 is 33.1 Å². The molecule has 1 N–H and O–H groups in total. The van der Waals surface area contributed by atoms with E-state index in [0.717, 1.165) is 61.2 Å². The molecule has 8 atom stereocenters. The van der Waals surface area contributed by atoms with Gasteiger partial charge in [0.05, 0.1) is 4.47 Å². The fraction of sp³-hybridized carbons (Fsp3) is 0.684. The van der Waals surface area contributed by atoms with E-state index in [0.29, 0.717) is 20.8 Å². The predicted molar refractivity (Wildman–Crippen MR) is 180 cm³/mol. The van der Waals surface area contributed by atoms with Crippen LogP contribution < -0.4 is 5.63 Å². The Morgan fingerprint density at radius 1 is 1.07 bits per heavy atom. The quantitative estimate of drug-likeness (QED) is 0.169. The van der Waals surface area contributed by atoms with Crippen molar-refractivity contribution in [3.8, 4) is 5.75 Å². The van der Waals surface area contributed by atoms with E-state index in [1.807, 2.05) is 0 Å². The van der Waals surface area contributed by atoms with Gasteiger partial charge in [0.25, 0.3) is 0 Å². The van der Waals surface area contributed by atoms with Gasteiger partial charge in [0, 0.05) is 29.5 Å². The summed E-state index contributed by atoms with van der Waals surface area (Å²) < 4.78 is 17.0. The van der Waals surface area contributed by atoms with Gasteiger partial charge in [-0.1, -0.05) is 65.5 Å². The topological polar surface area (TPSA) is 86.0 Å². The van der Waals surface area contributed by atoms with Crippen molar-refractivity contribution in [3.63, 3.8) is 0 Å². The molecule has 4 aliphatic rings. The van der Waals surface area contributed by atoms with Gasteiger partial charge in [-0.05, 0) is 113 Å². The summed E-state index contributed by atoms with van der Waals surface area (Å²) >= 11 is 3.30. The summed E-state index contributed by atoms with van der Waals surface area (Å²) in [7, 11) is 0. The van der Waals surface area contributed by atoms with E-state index < -0.39 is 11.8 Å². The maximum Gasteiger partial charge on any atom is 0.508 e. The third-order valence-corrected chi connectivity index (χ3v) is 13.4. The first-order valence-electron chi connectivity index (χ1n) is 17.4. The zero-order valence-electron chi connectivity index (χ0n) is 27.7. The SMILES string of the molecule is CC(C)CCC[C@@H](C)[C@H]1CC[C@H]2[C@@H]3CC=C4CC(OC(=O)OCc5cc(=O)oc6cc(O)c(Br)cc56)CC[C@]4(C)[C@H]3CC[C@]12C. The Hall–Kier alpha value is -2.28. The number of hydrogen-bond acceptors (Lipinski definition) is 6. The molecule has 0 saturated heterocycles. The van der Waals surface area contributed by atoms with E-state index in [9.17, 15) is 14.7 Å². The average molecular weight is 684 g/mol. The van der Waals surface area contributed by atoms with Crippen LogP contribution in [0.15, 0.2) is 43.5 Å². The number of halogens is 1. The van der Waals surface area contributed by atoms with Crippen LogP contribution in [0.3, 0.4) is 0 Å². The Morgan fingerprint density at radius 3 is 2.64 bits per heavy atom. The lowest BCUT2D eigenvalue weighted by molar-refractivity contribution is -0.0620. The van der Waals surface area contributed by atoms with Crippen LogP contribution in [0.2, 0.25) is 0 Å². The van der Waals surface area contributed by atoms with Crippen LogP contribution in [0, 0.1) is 46.3 Å². The first kappa shape index (κ1) is 32.7.